The molecule has 138 valence electrons. The van der Waals surface area contributed by atoms with E-state index in [1.54, 1.807) is 22.9 Å². The van der Waals surface area contributed by atoms with E-state index in [0.717, 1.165) is 0 Å². The minimum absolute atomic E-state index is 0.0125. The molecule has 0 radical (unpaired) electrons. The Morgan fingerprint density at radius 2 is 1.88 bits per heavy atom. The molecule has 0 aliphatic carbocycles. The van der Waals surface area contributed by atoms with Gasteiger partial charge >= 0.3 is 0 Å². The highest BCUT2D eigenvalue weighted by molar-refractivity contribution is 9.10. The van der Waals surface area contributed by atoms with Crippen LogP contribution in [0, 0.1) is 5.82 Å². The van der Waals surface area contributed by atoms with Crippen LogP contribution in [0.1, 0.15) is 38.1 Å². The van der Waals surface area contributed by atoms with E-state index in [1.165, 1.54) is 0 Å². The Kier molecular flexibility index (Phi) is 5.68. The molecule has 3 aromatic rings. The molecule has 2 heterocycles. The summed E-state index contributed by atoms with van der Waals surface area (Å²) in [6.07, 6.45) is 3.12. The van der Waals surface area contributed by atoms with E-state index in [4.69, 9.17) is 39.5 Å². The Morgan fingerprint density at radius 3 is 2.54 bits per heavy atom. The van der Waals surface area contributed by atoms with Gasteiger partial charge in [-0.25, -0.2) is 14.4 Å². The normalized spacial score (nSPS) is 12.8. The first-order chi connectivity index (χ1) is 12.2. The van der Waals surface area contributed by atoms with Crippen LogP contribution < -0.4 is 4.74 Å². The predicted octanol–water partition coefficient (Wildman–Crippen LogP) is 6.53. The van der Waals surface area contributed by atoms with Crippen molar-refractivity contribution in [1.82, 2.24) is 14.4 Å². The minimum atomic E-state index is -0.573. The summed E-state index contributed by atoms with van der Waals surface area (Å²) < 4.78 is 22.0. The smallest absolute Gasteiger partial charge is 0.159 e. The van der Waals surface area contributed by atoms with Gasteiger partial charge in [-0.05, 0) is 35.8 Å². The Bertz CT molecular complexity index is 993. The van der Waals surface area contributed by atoms with Crippen LogP contribution in [-0.2, 0) is 0 Å². The van der Waals surface area contributed by atoms with Crippen molar-refractivity contribution < 1.29 is 9.13 Å². The number of hydrogen-bond acceptors (Lipinski definition) is 3. The number of halogens is 5. The van der Waals surface area contributed by atoms with Crippen LogP contribution in [0.4, 0.5) is 4.39 Å². The molecular weight excluding hydrogens is 467 g/mol. The van der Waals surface area contributed by atoms with Gasteiger partial charge in [0.15, 0.2) is 16.1 Å². The lowest BCUT2D eigenvalue weighted by molar-refractivity contribution is 0.236. The van der Waals surface area contributed by atoms with Crippen LogP contribution in [0.15, 0.2) is 22.9 Å². The van der Waals surface area contributed by atoms with Crippen LogP contribution in [-0.4, -0.2) is 20.5 Å². The molecule has 0 saturated carbocycles. The largest absolute Gasteiger partial charge is 0.489 e. The second-order valence-electron chi connectivity index (χ2n) is 5.99. The zero-order valence-electron chi connectivity index (χ0n) is 14.0. The number of benzene rings is 1. The molecule has 4 nitrogen and oxygen atoms in total. The summed E-state index contributed by atoms with van der Waals surface area (Å²) in [5.41, 5.74) is 1.18. The Balaban J connectivity index is 2.23. The number of rotatable bonds is 4. The topological polar surface area (TPSA) is 39.4 Å². The molecule has 1 atom stereocenters. The molecule has 0 aliphatic rings. The van der Waals surface area contributed by atoms with Crippen LogP contribution in [0.3, 0.4) is 0 Å². The van der Waals surface area contributed by atoms with Crippen LogP contribution >= 0.6 is 50.7 Å². The van der Waals surface area contributed by atoms with Crippen molar-refractivity contribution in [3.05, 3.63) is 55.5 Å². The van der Waals surface area contributed by atoms with E-state index in [2.05, 4.69) is 25.9 Å². The standard InChI is InChI=1S/C17H14BrCl3FN3O/c1-7(2)26-14-9(6-10(19)12(22)11(14)18)8(3)17-24-16(21)13-15(20)23-4-5-25(13)17/h4-8H,1-3H3. The van der Waals surface area contributed by atoms with Crippen LogP contribution in [0.5, 0.6) is 5.75 Å². The molecule has 9 heteroatoms. The van der Waals surface area contributed by atoms with Crippen molar-refractivity contribution in [2.45, 2.75) is 32.8 Å². The summed E-state index contributed by atoms with van der Waals surface area (Å²) in [6.45, 7) is 5.63. The fourth-order valence-corrected chi connectivity index (χ4v) is 4.12. The van der Waals surface area contributed by atoms with E-state index < -0.39 is 5.82 Å². The lowest BCUT2D eigenvalue weighted by atomic mass is 9.99. The van der Waals surface area contributed by atoms with Crippen molar-refractivity contribution in [3.8, 4) is 5.75 Å². The van der Waals surface area contributed by atoms with E-state index in [-0.39, 0.29) is 31.8 Å². The lowest BCUT2D eigenvalue weighted by Crippen LogP contribution is -2.12. The highest BCUT2D eigenvalue weighted by Crippen LogP contribution is 2.42. The van der Waals surface area contributed by atoms with E-state index in [9.17, 15) is 4.39 Å². The van der Waals surface area contributed by atoms with Gasteiger partial charge in [0.25, 0.3) is 0 Å². The number of aromatic nitrogens is 3. The predicted molar refractivity (Wildman–Crippen MR) is 105 cm³/mol. The Hall–Kier alpha value is -1.08. The summed E-state index contributed by atoms with van der Waals surface area (Å²) in [5, 5.41) is 0.477. The van der Waals surface area contributed by atoms with Gasteiger partial charge in [-0.1, -0.05) is 41.7 Å². The second-order valence-corrected chi connectivity index (χ2v) is 7.91. The quantitative estimate of drug-likeness (QED) is 0.398. The highest BCUT2D eigenvalue weighted by Gasteiger charge is 2.26. The maximum atomic E-state index is 14.3. The first-order valence-electron chi connectivity index (χ1n) is 7.74. The van der Waals surface area contributed by atoms with Gasteiger partial charge in [-0.2, -0.15) is 0 Å². The molecule has 1 unspecified atom stereocenters. The van der Waals surface area contributed by atoms with Gasteiger partial charge in [0.2, 0.25) is 0 Å². The van der Waals surface area contributed by atoms with Crippen molar-refractivity contribution in [2.24, 2.45) is 0 Å². The maximum absolute atomic E-state index is 14.3. The monoisotopic (exact) mass is 479 g/mol. The van der Waals surface area contributed by atoms with Crippen LogP contribution in [0.2, 0.25) is 15.3 Å². The van der Waals surface area contributed by atoms with Crippen molar-refractivity contribution in [1.29, 1.82) is 0 Å². The summed E-state index contributed by atoms with van der Waals surface area (Å²) in [5.74, 6) is 0.105. The Morgan fingerprint density at radius 1 is 1.19 bits per heavy atom. The molecule has 26 heavy (non-hydrogen) atoms. The summed E-state index contributed by atoms with van der Waals surface area (Å²) >= 11 is 21.7. The molecule has 0 bridgehead atoms. The van der Waals surface area contributed by atoms with Gasteiger partial charge in [-0.15, -0.1) is 0 Å². The first kappa shape index (κ1) is 19.7. The lowest BCUT2D eigenvalue weighted by Gasteiger charge is -2.20. The van der Waals surface area contributed by atoms with Gasteiger partial charge < -0.3 is 4.74 Å². The maximum Gasteiger partial charge on any atom is 0.159 e. The zero-order valence-corrected chi connectivity index (χ0v) is 17.9. The molecule has 1 aromatic carbocycles. The van der Waals surface area contributed by atoms with Crippen molar-refractivity contribution >= 4 is 56.2 Å². The molecule has 0 amide bonds. The number of ether oxygens (including phenoxy) is 1. The van der Waals surface area contributed by atoms with Gasteiger partial charge in [-0.3, -0.25) is 4.40 Å². The molecule has 0 spiro atoms. The molecule has 0 aliphatic heterocycles. The SMILES string of the molecule is CC(C)Oc1c(C(C)c2nc(Cl)c3c(Cl)nccn23)cc(Cl)c(F)c1Br. The number of hydrogen-bond donors (Lipinski definition) is 0. The molecule has 0 fully saturated rings. The first-order valence-corrected chi connectivity index (χ1v) is 9.67. The Labute approximate surface area is 173 Å². The van der Waals surface area contributed by atoms with E-state index >= 15 is 0 Å². The fourth-order valence-electron chi connectivity index (χ4n) is 2.70. The third-order valence-corrected chi connectivity index (χ3v) is 5.37. The number of imidazole rings is 1. The van der Waals surface area contributed by atoms with Crippen molar-refractivity contribution in [2.75, 3.05) is 0 Å². The third kappa shape index (κ3) is 3.40. The fraction of sp³-hybridized carbons (Fsp3) is 0.294. The zero-order chi connectivity index (χ0) is 19.2. The van der Waals surface area contributed by atoms with Gasteiger partial charge in [0, 0.05) is 23.9 Å². The van der Waals surface area contributed by atoms with E-state index in [1.807, 2.05) is 20.8 Å². The second kappa shape index (κ2) is 7.50. The average Bonchev–Trinajstić information content (AvgIpc) is 2.92. The number of fused-ring (bicyclic) bond motifs is 1. The van der Waals surface area contributed by atoms with Crippen LogP contribution in [0.25, 0.3) is 5.52 Å². The molecule has 0 N–H and O–H groups in total. The van der Waals surface area contributed by atoms with Gasteiger partial charge in [0.05, 0.1) is 15.6 Å². The summed E-state index contributed by atoms with van der Waals surface area (Å²) in [6, 6.07) is 1.54. The summed E-state index contributed by atoms with van der Waals surface area (Å²) in [4.78, 5) is 8.45. The molecule has 3 rings (SSSR count). The molecule has 2 aromatic heterocycles. The summed E-state index contributed by atoms with van der Waals surface area (Å²) in [7, 11) is 0. The van der Waals surface area contributed by atoms with E-state index in [0.29, 0.717) is 22.7 Å². The average molecular weight is 482 g/mol. The van der Waals surface area contributed by atoms with Crippen molar-refractivity contribution in [3.63, 3.8) is 0 Å². The molecular formula is C17H14BrCl3FN3O. The highest BCUT2D eigenvalue weighted by atomic mass is 79.9. The minimum Gasteiger partial charge on any atom is -0.489 e. The third-order valence-electron chi connectivity index (χ3n) is 3.85. The number of nitrogens with zero attached hydrogens (tertiary/aromatic N) is 3. The van der Waals surface area contributed by atoms with Gasteiger partial charge in [0.1, 0.15) is 17.1 Å². The molecule has 0 saturated heterocycles.